The lowest BCUT2D eigenvalue weighted by Crippen LogP contribution is -2.46. The van der Waals surface area contributed by atoms with E-state index in [9.17, 15) is 9.59 Å². The highest BCUT2D eigenvalue weighted by Crippen LogP contribution is 2.33. The van der Waals surface area contributed by atoms with E-state index >= 15 is 0 Å². The molecule has 1 fully saturated rings. The van der Waals surface area contributed by atoms with Gasteiger partial charge in [-0.3, -0.25) is 9.59 Å². The van der Waals surface area contributed by atoms with Crippen LogP contribution in [0.1, 0.15) is 43.4 Å². The van der Waals surface area contributed by atoms with Crippen LogP contribution in [0.2, 0.25) is 0 Å². The Kier molecular flexibility index (Phi) is 6.75. The largest absolute Gasteiger partial charge is 0.486 e. The first-order valence-electron chi connectivity index (χ1n) is 11.2. The number of hydrogen-bond donors (Lipinski definition) is 1. The molecule has 4 rings (SSSR count). The Labute approximate surface area is 183 Å². The number of hydrogen-bond acceptors (Lipinski definition) is 4. The Morgan fingerprint density at radius 3 is 2.65 bits per heavy atom. The van der Waals surface area contributed by atoms with Crippen molar-refractivity contribution in [2.24, 2.45) is 5.92 Å². The van der Waals surface area contributed by atoms with Crippen molar-refractivity contribution in [1.82, 2.24) is 10.2 Å². The molecular weight excluding hydrogens is 392 g/mol. The molecule has 31 heavy (non-hydrogen) atoms. The van der Waals surface area contributed by atoms with Gasteiger partial charge in [-0.25, -0.2) is 0 Å². The number of carbonyl (C=O) groups excluding carboxylic acids is 2. The van der Waals surface area contributed by atoms with Gasteiger partial charge < -0.3 is 19.7 Å². The summed E-state index contributed by atoms with van der Waals surface area (Å²) >= 11 is 0. The van der Waals surface area contributed by atoms with Crippen LogP contribution in [0.3, 0.4) is 0 Å². The van der Waals surface area contributed by atoms with Crippen LogP contribution in [-0.2, 0) is 16.0 Å². The lowest BCUT2D eigenvalue weighted by molar-refractivity contribution is -0.135. The second-order valence-electron chi connectivity index (χ2n) is 8.21. The lowest BCUT2D eigenvalue weighted by Gasteiger charge is -2.33. The molecule has 6 nitrogen and oxygen atoms in total. The molecule has 0 bridgehead atoms. The molecule has 164 valence electrons. The molecule has 6 heteroatoms. The van der Waals surface area contributed by atoms with E-state index in [1.165, 1.54) is 0 Å². The van der Waals surface area contributed by atoms with E-state index in [-0.39, 0.29) is 23.8 Å². The number of fused-ring (bicyclic) bond motifs is 1. The van der Waals surface area contributed by atoms with Crippen LogP contribution in [0, 0.1) is 5.92 Å². The summed E-state index contributed by atoms with van der Waals surface area (Å²) in [5.74, 6) is 1.39. The van der Waals surface area contributed by atoms with Crippen LogP contribution >= 0.6 is 0 Å². The Morgan fingerprint density at radius 1 is 1.10 bits per heavy atom. The van der Waals surface area contributed by atoms with Crippen molar-refractivity contribution in [3.8, 4) is 11.5 Å². The quantitative estimate of drug-likeness (QED) is 0.774. The number of nitrogens with one attached hydrogen (secondary N) is 1. The van der Waals surface area contributed by atoms with Gasteiger partial charge in [0, 0.05) is 13.1 Å². The standard InChI is InChI=1S/C25H30N2O4/c1-2-21(19-10-11-22-23(16-19)31-14-13-30-22)26-25(29)20-9-6-12-27(17-20)24(28)15-18-7-4-3-5-8-18/h3-5,7-8,10-11,16,20-21H,2,6,9,12-15,17H2,1H3,(H,26,29). The predicted octanol–water partition coefficient (Wildman–Crippen LogP) is 3.51. The van der Waals surface area contributed by atoms with Crippen molar-refractivity contribution in [3.05, 3.63) is 59.7 Å². The fourth-order valence-corrected chi connectivity index (χ4v) is 4.29. The van der Waals surface area contributed by atoms with Crippen molar-refractivity contribution < 1.29 is 19.1 Å². The summed E-state index contributed by atoms with van der Waals surface area (Å²) in [6, 6.07) is 15.5. The van der Waals surface area contributed by atoms with Crippen molar-refractivity contribution in [3.63, 3.8) is 0 Å². The fraction of sp³-hybridized carbons (Fsp3) is 0.440. The fourth-order valence-electron chi connectivity index (χ4n) is 4.29. The molecule has 0 spiro atoms. The second-order valence-corrected chi connectivity index (χ2v) is 8.21. The number of benzene rings is 2. The van der Waals surface area contributed by atoms with Gasteiger partial charge in [-0.1, -0.05) is 43.3 Å². The summed E-state index contributed by atoms with van der Waals surface area (Å²) < 4.78 is 11.3. The Hall–Kier alpha value is -3.02. The maximum absolute atomic E-state index is 13.1. The van der Waals surface area contributed by atoms with Crippen LogP contribution in [0.15, 0.2) is 48.5 Å². The monoisotopic (exact) mass is 422 g/mol. The van der Waals surface area contributed by atoms with Gasteiger partial charge in [-0.05, 0) is 42.5 Å². The van der Waals surface area contributed by atoms with Gasteiger partial charge in [0.2, 0.25) is 11.8 Å². The zero-order valence-corrected chi connectivity index (χ0v) is 18.0. The van der Waals surface area contributed by atoms with E-state index in [1.807, 2.05) is 53.4 Å². The molecule has 2 aromatic carbocycles. The average molecular weight is 423 g/mol. The van der Waals surface area contributed by atoms with Crippen molar-refractivity contribution in [2.75, 3.05) is 26.3 Å². The van der Waals surface area contributed by atoms with E-state index in [0.29, 0.717) is 26.2 Å². The average Bonchev–Trinajstić information content (AvgIpc) is 2.82. The molecular formula is C25H30N2O4. The van der Waals surface area contributed by atoms with E-state index < -0.39 is 0 Å². The Morgan fingerprint density at radius 2 is 1.87 bits per heavy atom. The maximum atomic E-state index is 13.1. The zero-order chi connectivity index (χ0) is 21.6. The van der Waals surface area contributed by atoms with Gasteiger partial charge in [0.25, 0.3) is 0 Å². The Balaban J connectivity index is 1.37. The summed E-state index contributed by atoms with van der Waals surface area (Å²) in [4.78, 5) is 27.6. The second kappa shape index (κ2) is 9.86. The summed E-state index contributed by atoms with van der Waals surface area (Å²) in [5, 5.41) is 3.20. The minimum Gasteiger partial charge on any atom is -0.486 e. The smallest absolute Gasteiger partial charge is 0.227 e. The molecule has 2 atom stereocenters. The highest BCUT2D eigenvalue weighted by Gasteiger charge is 2.29. The van der Waals surface area contributed by atoms with Crippen molar-refractivity contribution in [2.45, 2.75) is 38.6 Å². The summed E-state index contributed by atoms with van der Waals surface area (Å²) in [7, 11) is 0. The first-order chi connectivity index (χ1) is 15.1. The number of amides is 2. The molecule has 2 aliphatic heterocycles. The van der Waals surface area contributed by atoms with Crippen LogP contribution in [0.4, 0.5) is 0 Å². The minimum absolute atomic E-state index is 0.0129. The molecule has 2 heterocycles. The van der Waals surface area contributed by atoms with E-state index in [4.69, 9.17) is 9.47 Å². The number of carbonyl (C=O) groups is 2. The van der Waals surface area contributed by atoms with Gasteiger partial charge in [0.1, 0.15) is 13.2 Å². The van der Waals surface area contributed by atoms with Gasteiger partial charge >= 0.3 is 0 Å². The lowest BCUT2D eigenvalue weighted by atomic mass is 9.95. The molecule has 0 radical (unpaired) electrons. The number of nitrogens with zero attached hydrogens (tertiary/aromatic N) is 1. The molecule has 1 N–H and O–H groups in total. The number of likely N-dealkylation sites (tertiary alicyclic amines) is 1. The van der Waals surface area contributed by atoms with E-state index in [1.54, 1.807) is 0 Å². The first-order valence-corrected chi connectivity index (χ1v) is 11.2. The van der Waals surface area contributed by atoms with Crippen LogP contribution in [-0.4, -0.2) is 43.0 Å². The molecule has 2 aromatic rings. The van der Waals surface area contributed by atoms with Crippen LogP contribution in [0.25, 0.3) is 0 Å². The molecule has 0 aromatic heterocycles. The summed E-state index contributed by atoms with van der Waals surface area (Å²) in [6.45, 7) is 4.35. The topological polar surface area (TPSA) is 67.9 Å². The predicted molar refractivity (Wildman–Crippen MR) is 118 cm³/mol. The molecule has 1 saturated heterocycles. The highest BCUT2D eigenvalue weighted by atomic mass is 16.6. The maximum Gasteiger partial charge on any atom is 0.227 e. The van der Waals surface area contributed by atoms with Crippen LogP contribution in [0.5, 0.6) is 11.5 Å². The molecule has 2 amide bonds. The number of rotatable bonds is 6. The normalized spacial score (nSPS) is 18.9. The SMILES string of the molecule is CCC(NC(=O)C1CCCN(C(=O)Cc2ccccc2)C1)c1ccc2c(c1)OCCO2. The van der Waals surface area contributed by atoms with Crippen molar-refractivity contribution >= 4 is 11.8 Å². The Bertz CT molecular complexity index is 915. The summed E-state index contributed by atoms with van der Waals surface area (Å²) in [5.41, 5.74) is 2.01. The first kappa shape index (κ1) is 21.2. The van der Waals surface area contributed by atoms with Gasteiger partial charge in [0.15, 0.2) is 11.5 Å². The number of ether oxygens (including phenoxy) is 2. The third-order valence-electron chi connectivity index (χ3n) is 6.04. The highest BCUT2D eigenvalue weighted by molar-refractivity contribution is 5.82. The van der Waals surface area contributed by atoms with Crippen molar-refractivity contribution in [1.29, 1.82) is 0 Å². The van der Waals surface area contributed by atoms with E-state index in [0.717, 1.165) is 48.4 Å². The molecule has 2 unspecified atom stereocenters. The molecule has 0 aliphatic carbocycles. The third-order valence-corrected chi connectivity index (χ3v) is 6.04. The van der Waals surface area contributed by atoms with E-state index in [2.05, 4.69) is 12.2 Å². The van der Waals surface area contributed by atoms with Gasteiger partial charge in [-0.15, -0.1) is 0 Å². The van der Waals surface area contributed by atoms with Gasteiger partial charge in [-0.2, -0.15) is 0 Å². The van der Waals surface area contributed by atoms with Gasteiger partial charge in [0.05, 0.1) is 18.4 Å². The zero-order valence-electron chi connectivity index (χ0n) is 18.0. The minimum atomic E-state index is -0.181. The number of piperidine rings is 1. The third kappa shape index (κ3) is 5.19. The molecule has 2 aliphatic rings. The summed E-state index contributed by atoms with van der Waals surface area (Å²) in [6.07, 6.45) is 2.80. The molecule has 0 saturated carbocycles. The van der Waals surface area contributed by atoms with Crippen LogP contribution < -0.4 is 14.8 Å².